The lowest BCUT2D eigenvalue weighted by Gasteiger charge is -2.08. The van der Waals surface area contributed by atoms with Crippen molar-refractivity contribution in [3.63, 3.8) is 0 Å². The van der Waals surface area contributed by atoms with E-state index in [2.05, 4.69) is 28.2 Å². The van der Waals surface area contributed by atoms with Crippen molar-refractivity contribution in [3.8, 4) is 5.75 Å². The van der Waals surface area contributed by atoms with Gasteiger partial charge in [-0.05, 0) is 60.3 Å². The third-order valence-electron chi connectivity index (χ3n) is 3.80. The molecule has 0 saturated heterocycles. The maximum absolute atomic E-state index is 12.3. The minimum atomic E-state index is -0.115. The van der Waals surface area contributed by atoms with Gasteiger partial charge in [0.25, 0.3) is 5.91 Å². The molecule has 2 aromatic rings. The normalized spacial score (nSPS) is 10.7. The molecule has 0 aliphatic rings. The molecule has 0 radical (unpaired) electrons. The Bertz CT molecular complexity index is 677. The molecule has 0 fully saturated rings. The van der Waals surface area contributed by atoms with Crippen molar-refractivity contribution in [3.05, 3.63) is 51.4 Å². The number of furan rings is 1. The van der Waals surface area contributed by atoms with Crippen LogP contribution in [0.2, 0.25) is 0 Å². The molecular weight excluding hydrogens is 370 g/mol. The molecule has 2 rings (SSSR count). The maximum Gasteiger partial charge on any atom is 0.256 e. The molecule has 0 aliphatic carbocycles. The van der Waals surface area contributed by atoms with E-state index in [1.54, 1.807) is 6.92 Å². The fourth-order valence-electron chi connectivity index (χ4n) is 2.41. The van der Waals surface area contributed by atoms with Gasteiger partial charge >= 0.3 is 0 Å². The van der Waals surface area contributed by atoms with Crippen LogP contribution in [0.4, 0.5) is 0 Å². The maximum atomic E-state index is 12.3. The molecule has 24 heavy (non-hydrogen) atoms. The number of nitrogens with one attached hydrogen (secondary N) is 1. The number of carbonyl (C=O) groups is 1. The topological polar surface area (TPSA) is 51.5 Å². The molecule has 1 aromatic carbocycles. The summed E-state index contributed by atoms with van der Waals surface area (Å²) in [5.41, 5.74) is 1.74. The van der Waals surface area contributed by atoms with Crippen molar-refractivity contribution in [1.82, 2.24) is 5.32 Å². The second-order valence-electron chi connectivity index (χ2n) is 5.76. The van der Waals surface area contributed by atoms with E-state index in [4.69, 9.17) is 9.15 Å². The highest BCUT2D eigenvalue weighted by Gasteiger charge is 2.19. The highest BCUT2D eigenvalue weighted by molar-refractivity contribution is 9.10. The number of hydrogen-bond acceptors (Lipinski definition) is 3. The number of amides is 1. The fourth-order valence-corrected chi connectivity index (χ4v) is 2.95. The van der Waals surface area contributed by atoms with Crippen LogP contribution < -0.4 is 10.1 Å². The van der Waals surface area contributed by atoms with Gasteiger partial charge in [0.05, 0.1) is 16.6 Å². The molecule has 1 aromatic heterocycles. The Kier molecular flexibility index (Phi) is 6.91. The number of benzene rings is 1. The van der Waals surface area contributed by atoms with Gasteiger partial charge in [-0.1, -0.05) is 25.5 Å². The van der Waals surface area contributed by atoms with Gasteiger partial charge in [-0.3, -0.25) is 4.79 Å². The van der Waals surface area contributed by atoms with Gasteiger partial charge in [0.15, 0.2) is 0 Å². The van der Waals surface area contributed by atoms with Crippen molar-refractivity contribution < 1.29 is 13.9 Å². The summed E-state index contributed by atoms with van der Waals surface area (Å²) >= 11 is 3.40. The highest BCUT2D eigenvalue weighted by atomic mass is 79.9. The number of carbonyl (C=O) groups excluding carboxylic acids is 1. The molecule has 1 N–H and O–H groups in total. The summed E-state index contributed by atoms with van der Waals surface area (Å²) in [5.74, 6) is 2.13. The molecule has 1 amide bonds. The van der Waals surface area contributed by atoms with Crippen LogP contribution in [0, 0.1) is 13.8 Å². The molecule has 130 valence electrons. The molecular formula is C19H24BrNO3. The monoisotopic (exact) mass is 393 g/mol. The van der Waals surface area contributed by atoms with Crippen LogP contribution in [0.25, 0.3) is 0 Å². The third kappa shape index (κ3) is 4.87. The Balaban J connectivity index is 1.82. The summed E-state index contributed by atoms with van der Waals surface area (Å²) < 4.78 is 11.8. The molecule has 0 saturated carbocycles. The molecule has 0 unspecified atom stereocenters. The summed E-state index contributed by atoms with van der Waals surface area (Å²) in [6.45, 7) is 7.10. The van der Waals surface area contributed by atoms with Gasteiger partial charge in [-0.2, -0.15) is 0 Å². The SMILES string of the molecule is CCCCOc1ccc(CCNC(=O)c2c(C)oc(C)c2Br)cc1. The molecule has 1 heterocycles. The van der Waals surface area contributed by atoms with Crippen molar-refractivity contribution in [1.29, 1.82) is 0 Å². The van der Waals surface area contributed by atoms with E-state index in [0.717, 1.165) is 47.4 Å². The van der Waals surface area contributed by atoms with Gasteiger partial charge in [0.2, 0.25) is 0 Å². The Morgan fingerprint density at radius 1 is 1.21 bits per heavy atom. The van der Waals surface area contributed by atoms with Crippen LogP contribution in [0.5, 0.6) is 5.75 Å². The first-order valence-corrected chi connectivity index (χ1v) is 9.07. The van der Waals surface area contributed by atoms with E-state index in [9.17, 15) is 4.79 Å². The Morgan fingerprint density at radius 3 is 2.50 bits per heavy atom. The highest BCUT2D eigenvalue weighted by Crippen LogP contribution is 2.27. The number of aryl methyl sites for hydroxylation is 2. The summed E-state index contributed by atoms with van der Waals surface area (Å²) in [6.07, 6.45) is 2.97. The van der Waals surface area contributed by atoms with Crippen molar-refractivity contribution >= 4 is 21.8 Å². The summed E-state index contributed by atoms with van der Waals surface area (Å²) in [7, 11) is 0. The standard InChI is InChI=1S/C19H24BrNO3/c1-4-5-12-23-16-8-6-15(7-9-16)10-11-21-19(22)17-13(2)24-14(3)18(17)20/h6-9H,4-5,10-12H2,1-3H3,(H,21,22). The predicted molar refractivity (Wildman–Crippen MR) is 98.8 cm³/mol. The third-order valence-corrected chi connectivity index (χ3v) is 4.76. The lowest BCUT2D eigenvalue weighted by Crippen LogP contribution is -2.26. The van der Waals surface area contributed by atoms with E-state index in [-0.39, 0.29) is 5.91 Å². The summed E-state index contributed by atoms with van der Waals surface area (Å²) in [5, 5.41) is 2.94. The first-order chi connectivity index (χ1) is 11.5. The zero-order valence-corrected chi connectivity index (χ0v) is 16.0. The fraction of sp³-hybridized carbons (Fsp3) is 0.421. The number of rotatable bonds is 8. The van der Waals surface area contributed by atoms with Crippen LogP contribution >= 0.6 is 15.9 Å². The van der Waals surface area contributed by atoms with E-state index in [0.29, 0.717) is 17.9 Å². The van der Waals surface area contributed by atoms with E-state index in [1.165, 1.54) is 0 Å². The van der Waals surface area contributed by atoms with E-state index >= 15 is 0 Å². The van der Waals surface area contributed by atoms with E-state index in [1.807, 2.05) is 31.2 Å². The van der Waals surface area contributed by atoms with Gasteiger partial charge in [-0.15, -0.1) is 0 Å². The van der Waals surface area contributed by atoms with Crippen LogP contribution in [0.1, 0.15) is 47.2 Å². The number of unbranched alkanes of at least 4 members (excludes halogenated alkanes) is 1. The number of halogens is 1. The van der Waals surface area contributed by atoms with Crippen molar-refractivity contribution in [2.75, 3.05) is 13.2 Å². The van der Waals surface area contributed by atoms with Gasteiger partial charge < -0.3 is 14.5 Å². The molecule has 0 atom stereocenters. The average molecular weight is 394 g/mol. The second kappa shape index (κ2) is 8.92. The second-order valence-corrected chi connectivity index (χ2v) is 6.55. The van der Waals surface area contributed by atoms with Crippen molar-refractivity contribution in [2.45, 2.75) is 40.0 Å². The minimum absolute atomic E-state index is 0.115. The number of ether oxygens (including phenoxy) is 1. The van der Waals surface area contributed by atoms with Crippen molar-refractivity contribution in [2.24, 2.45) is 0 Å². The molecule has 5 heteroatoms. The smallest absolute Gasteiger partial charge is 0.256 e. The van der Waals surface area contributed by atoms with Crippen LogP contribution in [0.15, 0.2) is 33.2 Å². The lowest BCUT2D eigenvalue weighted by atomic mass is 10.1. The van der Waals surface area contributed by atoms with E-state index < -0.39 is 0 Å². The first kappa shape index (κ1) is 18.6. The summed E-state index contributed by atoms with van der Waals surface area (Å²) in [4.78, 5) is 12.3. The molecule has 0 bridgehead atoms. The summed E-state index contributed by atoms with van der Waals surface area (Å²) in [6, 6.07) is 8.03. The Labute approximate surface area is 151 Å². The lowest BCUT2D eigenvalue weighted by molar-refractivity contribution is 0.0952. The van der Waals surface area contributed by atoms with Gasteiger partial charge in [-0.25, -0.2) is 0 Å². The first-order valence-electron chi connectivity index (χ1n) is 8.28. The number of hydrogen-bond donors (Lipinski definition) is 1. The zero-order chi connectivity index (χ0) is 17.5. The largest absolute Gasteiger partial charge is 0.494 e. The van der Waals surface area contributed by atoms with Gasteiger partial charge in [0.1, 0.15) is 17.3 Å². The molecule has 0 spiro atoms. The van der Waals surface area contributed by atoms with Crippen LogP contribution in [-0.4, -0.2) is 19.1 Å². The minimum Gasteiger partial charge on any atom is -0.494 e. The quantitative estimate of drug-likeness (QED) is 0.654. The van der Waals surface area contributed by atoms with Crippen LogP contribution in [-0.2, 0) is 6.42 Å². The average Bonchev–Trinajstić information content (AvgIpc) is 2.81. The Hall–Kier alpha value is -1.75. The molecule has 4 nitrogen and oxygen atoms in total. The van der Waals surface area contributed by atoms with Crippen LogP contribution in [0.3, 0.4) is 0 Å². The molecule has 0 aliphatic heterocycles. The predicted octanol–water partition coefficient (Wildman–Crippen LogP) is 4.81. The zero-order valence-electron chi connectivity index (χ0n) is 14.4. The Morgan fingerprint density at radius 2 is 1.92 bits per heavy atom. The van der Waals surface area contributed by atoms with Gasteiger partial charge in [0, 0.05) is 6.54 Å².